The van der Waals surface area contributed by atoms with Crippen LogP contribution in [-0.2, 0) is 22.6 Å². The van der Waals surface area contributed by atoms with E-state index in [-0.39, 0.29) is 18.4 Å². The van der Waals surface area contributed by atoms with Crippen molar-refractivity contribution in [2.45, 2.75) is 33.7 Å². The average Bonchev–Trinajstić information content (AvgIpc) is 2.90. The maximum Gasteiger partial charge on any atom is 0.242 e. The van der Waals surface area contributed by atoms with Gasteiger partial charge in [0.2, 0.25) is 11.8 Å². The van der Waals surface area contributed by atoms with Gasteiger partial charge < -0.3 is 9.80 Å². The molecule has 1 aliphatic rings. The number of aromatic nitrogens is 2. The zero-order chi connectivity index (χ0) is 18.0. The number of nitrogens with zero attached hydrogens (tertiary/aromatic N) is 3. The van der Waals surface area contributed by atoms with E-state index < -0.39 is 0 Å². The van der Waals surface area contributed by atoms with Crippen molar-refractivity contribution in [2.24, 2.45) is 0 Å². The summed E-state index contributed by atoms with van der Waals surface area (Å²) < 4.78 is 0. The van der Waals surface area contributed by atoms with Gasteiger partial charge in [-0.25, -0.2) is 0 Å². The first-order valence-electron chi connectivity index (χ1n) is 8.55. The van der Waals surface area contributed by atoms with E-state index in [0.717, 1.165) is 22.5 Å². The Labute approximate surface area is 147 Å². The highest BCUT2D eigenvalue weighted by Crippen LogP contribution is 2.14. The summed E-state index contributed by atoms with van der Waals surface area (Å²) in [5.41, 5.74) is 5.00. The summed E-state index contributed by atoms with van der Waals surface area (Å²) >= 11 is 0. The fourth-order valence-corrected chi connectivity index (χ4v) is 3.10. The van der Waals surface area contributed by atoms with Gasteiger partial charge in [-0.05, 0) is 26.3 Å². The van der Waals surface area contributed by atoms with Crippen molar-refractivity contribution in [1.82, 2.24) is 20.0 Å². The zero-order valence-corrected chi connectivity index (χ0v) is 15.0. The molecule has 2 aromatic rings. The quantitative estimate of drug-likeness (QED) is 0.922. The van der Waals surface area contributed by atoms with E-state index in [9.17, 15) is 9.59 Å². The van der Waals surface area contributed by atoms with Crippen molar-refractivity contribution >= 4 is 11.8 Å². The standard InChI is InChI=1S/C19H24N4O2/c1-13-4-6-16(7-5-13)11-22-8-9-23(12-19(22)25)18(24)10-17-14(2)20-21-15(17)3/h4-7H,8-12H2,1-3H3,(H,20,21). The summed E-state index contributed by atoms with van der Waals surface area (Å²) in [5.74, 6) is -0.0169. The van der Waals surface area contributed by atoms with E-state index in [1.807, 2.05) is 37.8 Å². The Morgan fingerprint density at radius 2 is 1.88 bits per heavy atom. The lowest BCUT2D eigenvalue weighted by Crippen LogP contribution is -2.52. The molecule has 1 N–H and O–H groups in total. The minimum absolute atomic E-state index is 0.000752. The van der Waals surface area contributed by atoms with Crippen LogP contribution in [0.2, 0.25) is 0 Å². The lowest BCUT2D eigenvalue weighted by atomic mass is 10.1. The first-order valence-corrected chi connectivity index (χ1v) is 8.55. The molecular weight excluding hydrogens is 316 g/mol. The Balaban J connectivity index is 1.58. The minimum Gasteiger partial charge on any atom is -0.335 e. The molecule has 2 heterocycles. The molecule has 0 saturated carbocycles. The van der Waals surface area contributed by atoms with Gasteiger partial charge in [0.15, 0.2) is 0 Å². The van der Waals surface area contributed by atoms with Crippen LogP contribution in [0, 0.1) is 20.8 Å². The Morgan fingerprint density at radius 3 is 2.48 bits per heavy atom. The Bertz CT molecular complexity index is 760. The second kappa shape index (κ2) is 7.09. The lowest BCUT2D eigenvalue weighted by molar-refractivity contribution is -0.145. The number of amides is 2. The third-order valence-electron chi connectivity index (χ3n) is 4.77. The highest BCUT2D eigenvalue weighted by molar-refractivity contribution is 5.87. The van der Waals surface area contributed by atoms with E-state index >= 15 is 0 Å². The molecular formula is C19H24N4O2. The van der Waals surface area contributed by atoms with Crippen LogP contribution in [-0.4, -0.2) is 51.4 Å². The molecule has 1 aromatic heterocycles. The van der Waals surface area contributed by atoms with Crippen molar-refractivity contribution in [3.05, 3.63) is 52.3 Å². The fourth-order valence-electron chi connectivity index (χ4n) is 3.10. The molecule has 1 saturated heterocycles. The number of nitrogens with one attached hydrogen (secondary N) is 1. The third-order valence-corrected chi connectivity index (χ3v) is 4.77. The third kappa shape index (κ3) is 3.90. The van der Waals surface area contributed by atoms with Crippen LogP contribution in [0.3, 0.4) is 0 Å². The van der Waals surface area contributed by atoms with Crippen LogP contribution >= 0.6 is 0 Å². The largest absolute Gasteiger partial charge is 0.335 e. The highest BCUT2D eigenvalue weighted by atomic mass is 16.2. The summed E-state index contributed by atoms with van der Waals surface area (Å²) in [6.07, 6.45) is 0.291. The van der Waals surface area contributed by atoms with Gasteiger partial charge in [0.05, 0.1) is 18.7 Å². The highest BCUT2D eigenvalue weighted by Gasteiger charge is 2.27. The molecule has 0 atom stereocenters. The number of carbonyl (C=O) groups excluding carboxylic acids is 2. The van der Waals surface area contributed by atoms with E-state index in [0.29, 0.717) is 26.1 Å². The predicted molar refractivity (Wildman–Crippen MR) is 94.9 cm³/mol. The van der Waals surface area contributed by atoms with Crippen molar-refractivity contribution in [3.8, 4) is 0 Å². The fraction of sp³-hybridized carbons (Fsp3) is 0.421. The number of piperazine rings is 1. The number of rotatable bonds is 4. The summed E-state index contributed by atoms with van der Waals surface area (Å²) in [7, 11) is 0. The number of hydrogen-bond acceptors (Lipinski definition) is 3. The van der Waals surface area contributed by atoms with E-state index in [1.54, 1.807) is 4.90 Å². The molecule has 132 valence electrons. The number of hydrogen-bond donors (Lipinski definition) is 1. The van der Waals surface area contributed by atoms with Gasteiger partial charge in [-0.3, -0.25) is 14.7 Å². The normalized spacial score (nSPS) is 14.9. The maximum absolute atomic E-state index is 12.5. The van der Waals surface area contributed by atoms with Crippen LogP contribution in [0.25, 0.3) is 0 Å². The lowest BCUT2D eigenvalue weighted by Gasteiger charge is -2.34. The first-order chi connectivity index (χ1) is 11.9. The molecule has 6 nitrogen and oxygen atoms in total. The van der Waals surface area contributed by atoms with Gasteiger partial charge in [-0.1, -0.05) is 29.8 Å². The summed E-state index contributed by atoms with van der Waals surface area (Å²) in [6, 6.07) is 8.19. The van der Waals surface area contributed by atoms with Gasteiger partial charge in [-0.2, -0.15) is 5.10 Å². The van der Waals surface area contributed by atoms with Gasteiger partial charge >= 0.3 is 0 Å². The number of carbonyl (C=O) groups is 2. The minimum atomic E-state index is -0.0177. The monoisotopic (exact) mass is 340 g/mol. The molecule has 6 heteroatoms. The second-order valence-corrected chi connectivity index (χ2v) is 6.71. The molecule has 0 aliphatic carbocycles. The van der Waals surface area contributed by atoms with E-state index in [1.165, 1.54) is 5.56 Å². The summed E-state index contributed by atoms with van der Waals surface area (Å²) in [6.45, 7) is 7.74. The van der Waals surface area contributed by atoms with Crippen LogP contribution in [0.5, 0.6) is 0 Å². The maximum atomic E-state index is 12.5. The molecule has 0 unspecified atom stereocenters. The second-order valence-electron chi connectivity index (χ2n) is 6.71. The van der Waals surface area contributed by atoms with E-state index in [2.05, 4.69) is 22.3 Å². The van der Waals surface area contributed by atoms with Crippen molar-refractivity contribution in [1.29, 1.82) is 0 Å². The first kappa shape index (κ1) is 17.2. The number of aryl methyl sites for hydroxylation is 3. The van der Waals surface area contributed by atoms with Gasteiger partial charge in [0.25, 0.3) is 0 Å². The molecule has 0 spiro atoms. The molecule has 25 heavy (non-hydrogen) atoms. The Hall–Kier alpha value is -2.63. The van der Waals surface area contributed by atoms with Crippen LogP contribution in [0.15, 0.2) is 24.3 Å². The van der Waals surface area contributed by atoms with Crippen molar-refractivity contribution < 1.29 is 9.59 Å². The SMILES string of the molecule is Cc1ccc(CN2CCN(C(=O)Cc3c(C)n[nH]c3C)CC2=O)cc1. The number of aromatic amines is 1. The predicted octanol–water partition coefficient (Wildman–Crippen LogP) is 1.75. The molecule has 1 aliphatic heterocycles. The topological polar surface area (TPSA) is 69.3 Å². The smallest absolute Gasteiger partial charge is 0.242 e. The Kier molecular flexibility index (Phi) is 4.88. The Morgan fingerprint density at radius 1 is 1.16 bits per heavy atom. The molecule has 0 radical (unpaired) electrons. The number of benzene rings is 1. The molecule has 2 amide bonds. The zero-order valence-electron chi connectivity index (χ0n) is 15.0. The number of H-pyrrole nitrogens is 1. The van der Waals surface area contributed by atoms with Crippen LogP contribution in [0.1, 0.15) is 28.1 Å². The molecule has 0 bridgehead atoms. The van der Waals surface area contributed by atoms with Crippen molar-refractivity contribution in [2.75, 3.05) is 19.6 Å². The van der Waals surface area contributed by atoms with Crippen LogP contribution < -0.4 is 0 Å². The van der Waals surface area contributed by atoms with Crippen LogP contribution in [0.4, 0.5) is 0 Å². The van der Waals surface area contributed by atoms with Gasteiger partial charge in [-0.15, -0.1) is 0 Å². The average molecular weight is 340 g/mol. The van der Waals surface area contributed by atoms with E-state index in [4.69, 9.17) is 0 Å². The van der Waals surface area contributed by atoms with Crippen molar-refractivity contribution in [3.63, 3.8) is 0 Å². The molecule has 1 fully saturated rings. The molecule has 1 aromatic carbocycles. The summed E-state index contributed by atoms with van der Waals surface area (Å²) in [4.78, 5) is 28.4. The van der Waals surface area contributed by atoms with Gasteiger partial charge in [0.1, 0.15) is 0 Å². The molecule has 3 rings (SSSR count). The summed E-state index contributed by atoms with van der Waals surface area (Å²) in [5, 5.41) is 7.02. The van der Waals surface area contributed by atoms with Gasteiger partial charge in [0, 0.05) is 30.9 Å².